The molecule has 0 unspecified atom stereocenters. The van der Waals surface area contributed by atoms with Crippen LogP contribution in [0.1, 0.15) is 12.5 Å². The molecule has 0 spiro atoms. The Morgan fingerprint density at radius 3 is 2.81 bits per heavy atom. The summed E-state index contributed by atoms with van der Waals surface area (Å²) < 4.78 is 10.4. The van der Waals surface area contributed by atoms with Gasteiger partial charge < -0.3 is 19.7 Å². The van der Waals surface area contributed by atoms with Crippen molar-refractivity contribution < 1.29 is 14.3 Å². The van der Waals surface area contributed by atoms with Crippen LogP contribution in [0.15, 0.2) is 58.5 Å². The van der Waals surface area contributed by atoms with Gasteiger partial charge in [-0.2, -0.15) is 0 Å². The zero-order valence-electron chi connectivity index (χ0n) is 15.8. The maximum atomic E-state index is 11.7. The average molecular weight is 385 g/mol. The van der Waals surface area contributed by atoms with Gasteiger partial charge in [-0.25, -0.2) is 0 Å². The Bertz CT molecular complexity index is 851. The molecule has 2 aromatic rings. The quantitative estimate of drug-likeness (QED) is 0.541. The van der Waals surface area contributed by atoms with Crippen LogP contribution in [0.2, 0.25) is 0 Å². The van der Waals surface area contributed by atoms with E-state index < -0.39 is 0 Å². The molecule has 0 bridgehead atoms. The smallest absolute Gasteiger partial charge is 0.155 e. The van der Waals surface area contributed by atoms with Gasteiger partial charge in [-0.05, 0) is 42.8 Å². The van der Waals surface area contributed by atoms with E-state index in [0.29, 0.717) is 13.2 Å². The van der Waals surface area contributed by atoms with E-state index in [1.807, 2.05) is 18.2 Å². The zero-order valence-corrected chi connectivity index (χ0v) is 16.6. The van der Waals surface area contributed by atoms with Gasteiger partial charge in [-0.15, -0.1) is 0 Å². The van der Waals surface area contributed by atoms with Crippen LogP contribution in [0.3, 0.4) is 0 Å². The molecule has 3 rings (SSSR count). The lowest BCUT2D eigenvalue weighted by molar-refractivity contribution is -0.112. The Kier molecular flexibility index (Phi) is 6.42. The molecule has 0 saturated heterocycles. The highest BCUT2D eigenvalue weighted by molar-refractivity contribution is 8.03. The highest BCUT2D eigenvalue weighted by Gasteiger charge is 2.26. The summed E-state index contributed by atoms with van der Waals surface area (Å²) in [5, 5.41) is 4.31. The maximum Gasteiger partial charge on any atom is 0.155 e. The number of carbonyl (C=O) groups excluding carboxylic acids is 1. The molecule has 2 aromatic carbocycles. The van der Waals surface area contributed by atoms with Crippen molar-refractivity contribution in [2.75, 3.05) is 37.6 Å². The van der Waals surface area contributed by atoms with E-state index in [9.17, 15) is 4.79 Å². The van der Waals surface area contributed by atoms with Gasteiger partial charge in [0.25, 0.3) is 0 Å². The highest BCUT2D eigenvalue weighted by Crippen LogP contribution is 2.47. The van der Waals surface area contributed by atoms with Gasteiger partial charge in [0.2, 0.25) is 0 Å². The minimum atomic E-state index is 0.0411. The van der Waals surface area contributed by atoms with Crippen molar-refractivity contribution in [1.29, 1.82) is 0 Å². The summed E-state index contributed by atoms with van der Waals surface area (Å²) in [5.74, 6) is 0.867. The molecule has 1 aliphatic heterocycles. The Hall–Kier alpha value is -2.44. The van der Waals surface area contributed by atoms with E-state index in [4.69, 9.17) is 9.47 Å². The predicted molar refractivity (Wildman–Crippen MR) is 111 cm³/mol. The molecule has 1 heterocycles. The first-order chi connectivity index (χ1) is 13.1. The number of carbonyl (C=O) groups is 1. The standard InChI is InChI=1S/C21H24N2O3S/c1-15(24)11-21-23(14-16-5-4-6-18(12-16)26-3)19-13-17(22-9-10-25-2)7-8-20(19)27-21/h4-8,11-13,22H,9-10,14H2,1-3H3/b21-11-. The molecule has 27 heavy (non-hydrogen) atoms. The number of ketones is 1. The summed E-state index contributed by atoms with van der Waals surface area (Å²) in [5.41, 5.74) is 3.25. The third kappa shape index (κ3) is 4.84. The highest BCUT2D eigenvalue weighted by atomic mass is 32.2. The number of methoxy groups -OCH3 is 2. The van der Waals surface area contributed by atoms with Crippen LogP contribution in [0.25, 0.3) is 0 Å². The number of fused-ring (bicyclic) bond motifs is 1. The Morgan fingerprint density at radius 1 is 1.22 bits per heavy atom. The molecule has 0 fully saturated rings. The van der Waals surface area contributed by atoms with Crippen LogP contribution >= 0.6 is 11.8 Å². The first-order valence-corrected chi connectivity index (χ1v) is 9.60. The van der Waals surface area contributed by atoms with Gasteiger partial charge in [-0.3, -0.25) is 4.79 Å². The fourth-order valence-corrected chi connectivity index (χ4v) is 4.04. The van der Waals surface area contributed by atoms with Crippen molar-refractivity contribution in [3.8, 4) is 5.75 Å². The molecular formula is C21H24N2O3S. The molecule has 0 saturated carbocycles. The summed E-state index contributed by atoms with van der Waals surface area (Å²) in [6.07, 6.45) is 1.70. The number of hydrogen-bond acceptors (Lipinski definition) is 6. The van der Waals surface area contributed by atoms with E-state index in [1.54, 1.807) is 39.0 Å². The van der Waals surface area contributed by atoms with E-state index in [0.717, 1.165) is 39.2 Å². The SMILES string of the molecule is COCCNc1ccc2c(c1)N(Cc1cccc(OC)c1)/C(=C/C(C)=O)S2. The number of benzene rings is 2. The normalized spacial score (nSPS) is 14.3. The van der Waals surface area contributed by atoms with Crippen LogP contribution in [-0.2, 0) is 16.1 Å². The second-order valence-corrected chi connectivity index (χ2v) is 7.30. The van der Waals surface area contributed by atoms with Gasteiger partial charge in [0.15, 0.2) is 5.78 Å². The van der Waals surface area contributed by atoms with Gasteiger partial charge in [0.1, 0.15) is 5.75 Å². The van der Waals surface area contributed by atoms with Gasteiger partial charge >= 0.3 is 0 Å². The summed E-state index contributed by atoms with van der Waals surface area (Å²) in [6, 6.07) is 14.3. The number of allylic oxidation sites excluding steroid dienone is 1. The monoisotopic (exact) mass is 384 g/mol. The first-order valence-electron chi connectivity index (χ1n) is 8.78. The van der Waals surface area contributed by atoms with Crippen molar-refractivity contribution in [1.82, 2.24) is 0 Å². The van der Waals surface area contributed by atoms with Crippen LogP contribution in [0.5, 0.6) is 5.75 Å². The molecule has 0 atom stereocenters. The molecule has 0 aromatic heterocycles. The number of anilines is 2. The predicted octanol–water partition coefficient (Wildman–Crippen LogP) is 4.30. The van der Waals surface area contributed by atoms with Crippen molar-refractivity contribution in [2.24, 2.45) is 0 Å². The maximum absolute atomic E-state index is 11.7. The molecule has 6 heteroatoms. The van der Waals surface area contributed by atoms with Gasteiger partial charge in [0.05, 0.1) is 24.4 Å². The summed E-state index contributed by atoms with van der Waals surface area (Å²) >= 11 is 1.62. The lowest BCUT2D eigenvalue weighted by Crippen LogP contribution is -2.18. The minimum Gasteiger partial charge on any atom is -0.497 e. The topological polar surface area (TPSA) is 50.8 Å². The largest absolute Gasteiger partial charge is 0.497 e. The lowest BCUT2D eigenvalue weighted by Gasteiger charge is -2.21. The van der Waals surface area contributed by atoms with Crippen LogP contribution in [-0.4, -0.2) is 33.2 Å². The molecule has 0 amide bonds. The lowest BCUT2D eigenvalue weighted by atomic mass is 10.1. The van der Waals surface area contributed by atoms with E-state index in [-0.39, 0.29) is 5.78 Å². The second kappa shape index (κ2) is 8.97. The minimum absolute atomic E-state index is 0.0411. The van der Waals surface area contributed by atoms with Crippen molar-refractivity contribution in [2.45, 2.75) is 18.4 Å². The first kappa shape index (κ1) is 19.3. The Labute approximate surface area is 164 Å². The van der Waals surface area contributed by atoms with Crippen LogP contribution < -0.4 is 15.0 Å². The second-order valence-electron chi connectivity index (χ2n) is 6.24. The Morgan fingerprint density at radius 2 is 2.07 bits per heavy atom. The van der Waals surface area contributed by atoms with Crippen molar-refractivity contribution >= 4 is 28.9 Å². The molecule has 1 aliphatic rings. The summed E-state index contributed by atoms with van der Waals surface area (Å²) in [7, 11) is 3.36. The number of thioether (sulfide) groups is 1. The molecule has 1 N–H and O–H groups in total. The number of ether oxygens (including phenoxy) is 2. The fourth-order valence-electron chi connectivity index (χ4n) is 2.91. The van der Waals surface area contributed by atoms with Gasteiger partial charge in [0, 0.05) is 36.9 Å². The molecule has 0 radical (unpaired) electrons. The number of nitrogens with zero attached hydrogens (tertiary/aromatic N) is 1. The molecular weight excluding hydrogens is 360 g/mol. The summed E-state index contributed by atoms with van der Waals surface area (Å²) in [4.78, 5) is 15.0. The van der Waals surface area contributed by atoms with Crippen LogP contribution in [0, 0.1) is 0 Å². The third-order valence-electron chi connectivity index (χ3n) is 4.17. The van der Waals surface area contributed by atoms with Crippen LogP contribution in [0.4, 0.5) is 11.4 Å². The molecule has 142 valence electrons. The van der Waals surface area contributed by atoms with Crippen molar-refractivity contribution in [3.63, 3.8) is 0 Å². The number of rotatable bonds is 8. The Balaban J connectivity index is 1.90. The number of hydrogen-bond donors (Lipinski definition) is 1. The van der Waals surface area contributed by atoms with E-state index in [1.165, 1.54) is 0 Å². The van der Waals surface area contributed by atoms with E-state index >= 15 is 0 Å². The fraction of sp³-hybridized carbons (Fsp3) is 0.286. The molecule has 5 nitrogen and oxygen atoms in total. The van der Waals surface area contributed by atoms with Crippen molar-refractivity contribution in [3.05, 3.63) is 59.1 Å². The summed E-state index contributed by atoms with van der Waals surface area (Å²) in [6.45, 7) is 3.64. The van der Waals surface area contributed by atoms with E-state index in [2.05, 4.69) is 34.5 Å². The van der Waals surface area contributed by atoms with Gasteiger partial charge in [-0.1, -0.05) is 23.9 Å². The molecule has 0 aliphatic carbocycles. The zero-order chi connectivity index (χ0) is 19.2. The average Bonchev–Trinajstić information content (AvgIpc) is 2.98. The number of nitrogens with one attached hydrogen (secondary N) is 1. The third-order valence-corrected chi connectivity index (χ3v) is 5.28.